The zero-order valence-corrected chi connectivity index (χ0v) is 11.3. The van der Waals surface area contributed by atoms with Crippen LogP contribution in [0.1, 0.15) is 11.6 Å². The van der Waals surface area contributed by atoms with Gasteiger partial charge in [0, 0.05) is 15.6 Å². The van der Waals surface area contributed by atoms with Crippen molar-refractivity contribution in [3.05, 3.63) is 58.1 Å². The average molecular weight is 296 g/mol. The summed E-state index contributed by atoms with van der Waals surface area (Å²) >= 11 is 12.3. The van der Waals surface area contributed by atoms with Crippen molar-refractivity contribution in [2.45, 2.75) is 6.04 Å². The van der Waals surface area contributed by atoms with E-state index in [1.807, 2.05) is 0 Å². The van der Waals surface area contributed by atoms with Crippen LogP contribution in [0.15, 0.2) is 42.5 Å². The number of hydrogen-bond acceptors (Lipinski definition) is 2. The van der Waals surface area contributed by atoms with Gasteiger partial charge < -0.3 is 10.8 Å². The predicted molar refractivity (Wildman–Crippen MR) is 76.5 cm³/mol. The quantitative estimate of drug-likeness (QED) is 0.906. The zero-order chi connectivity index (χ0) is 14.0. The summed E-state index contributed by atoms with van der Waals surface area (Å²) in [6, 6.07) is 10.9. The first-order valence-corrected chi connectivity index (χ1v) is 6.29. The van der Waals surface area contributed by atoms with Crippen LogP contribution in [0, 0.1) is 0 Å². The lowest BCUT2D eigenvalue weighted by molar-refractivity contribution is -0.138. The number of carboxylic acids is 1. The van der Waals surface area contributed by atoms with E-state index in [1.54, 1.807) is 42.5 Å². The molecule has 2 aromatic rings. The average Bonchev–Trinajstić information content (AvgIpc) is 2.38. The van der Waals surface area contributed by atoms with Crippen molar-refractivity contribution in [1.82, 2.24) is 0 Å². The molecule has 3 N–H and O–H groups in total. The summed E-state index contributed by atoms with van der Waals surface area (Å²) in [5, 5.41) is 9.97. The van der Waals surface area contributed by atoms with Crippen molar-refractivity contribution in [1.29, 1.82) is 0 Å². The number of carboxylic acid groups (broad SMARTS) is 1. The molecule has 0 spiro atoms. The molecule has 0 aliphatic rings. The van der Waals surface area contributed by atoms with Crippen molar-refractivity contribution in [2.24, 2.45) is 5.73 Å². The molecule has 0 fully saturated rings. The molecule has 0 heterocycles. The van der Waals surface area contributed by atoms with E-state index in [2.05, 4.69) is 0 Å². The number of benzene rings is 2. The maximum Gasteiger partial charge on any atom is 0.325 e. The van der Waals surface area contributed by atoms with Gasteiger partial charge in [-0.05, 0) is 23.3 Å². The standard InChI is InChI=1S/C14H11Cl2NO2/c15-10-6-3-7-11(16)12(10)8-4-1-2-5-9(8)13(17)14(18)19/h1-7,13H,17H2,(H,18,19). The van der Waals surface area contributed by atoms with E-state index in [0.717, 1.165) is 0 Å². The molecular weight excluding hydrogens is 285 g/mol. The van der Waals surface area contributed by atoms with Gasteiger partial charge in [0.1, 0.15) is 6.04 Å². The van der Waals surface area contributed by atoms with Crippen LogP contribution in [0.25, 0.3) is 11.1 Å². The van der Waals surface area contributed by atoms with E-state index in [9.17, 15) is 4.79 Å². The van der Waals surface area contributed by atoms with Crippen molar-refractivity contribution >= 4 is 29.2 Å². The van der Waals surface area contributed by atoms with Crippen molar-refractivity contribution in [2.75, 3.05) is 0 Å². The van der Waals surface area contributed by atoms with Crippen LogP contribution in [0.5, 0.6) is 0 Å². The van der Waals surface area contributed by atoms with Gasteiger partial charge in [-0.1, -0.05) is 53.5 Å². The Hall–Kier alpha value is -1.55. The fraction of sp³-hybridized carbons (Fsp3) is 0.0714. The van der Waals surface area contributed by atoms with Gasteiger partial charge in [-0.3, -0.25) is 4.79 Å². The van der Waals surface area contributed by atoms with Gasteiger partial charge in [0.25, 0.3) is 0 Å². The molecule has 0 saturated carbocycles. The van der Waals surface area contributed by atoms with E-state index in [4.69, 9.17) is 34.0 Å². The van der Waals surface area contributed by atoms with Crippen LogP contribution in [0.2, 0.25) is 10.0 Å². The Morgan fingerprint density at radius 3 is 2.21 bits per heavy atom. The highest BCUT2D eigenvalue weighted by molar-refractivity contribution is 6.39. The summed E-state index contributed by atoms with van der Waals surface area (Å²) in [5.74, 6) is -1.10. The Morgan fingerprint density at radius 1 is 1.05 bits per heavy atom. The molecule has 0 radical (unpaired) electrons. The summed E-state index contributed by atoms with van der Waals surface area (Å²) in [6.45, 7) is 0. The molecule has 0 aromatic heterocycles. The topological polar surface area (TPSA) is 63.3 Å². The number of aliphatic carboxylic acids is 1. The Balaban J connectivity index is 2.67. The summed E-state index contributed by atoms with van der Waals surface area (Å²) in [4.78, 5) is 11.1. The second-order valence-electron chi connectivity index (χ2n) is 4.00. The van der Waals surface area contributed by atoms with Gasteiger partial charge >= 0.3 is 5.97 Å². The molecule has 0 aliphatic heterocycles. The molecule has 5 heteroatoms. The van der Waals surface area contributed by atoms with Gasteiger partial charge in [-0.25, -0.2) is 0 Å². The van der Waals surface area contributed by atoms with E-state index in [0.29, 0.717) is 26.7 Å². The second kappa shape index (κ2) is 5.61. The van der Waals surface area contributed by atoms with Crippen molar-refractivity contribution in [3.63, 3.8) is 0 Å². The van der Waals surface area contributed by atoms with Crippen LogP contribution in [-0.4, -0.2) is 11.1 Å². The van der Waals surface area contributed by atoms with Gasteiger partial charge in [0.2, 0.25) is 0 Å². The number of carbonyl (C=O) groups is 1. The fourth-order valence-corrected chi connectivity index (χ4v) is 2.49. The first kappa shape index (κ1) is 13.9. The largest absolute Gasteiger partial charge is 0.480 e. The monoisotopic (exact) mass is 295 g/mol. The normalized spacial score (nSPS) is 12.2. The van der Waals surface area contributed by atoms with E-state index in [-0.39, 0.29) is 0 Å². The molecule has 19 heavy (non-hydrogen) atoms. The highest BCUT2D eigenvalue weighted by Crippen LogP contribution is 2.37. The molecule has 2 rings (SSSR count). The van der Waals surface area contributed by atoms with Crippen molar-refractivity contribution < 1.29 is 9.90 Å². The number of hydrogen-bond donors (Lipinski definition) is 2. The Kier molecular flexibility index (Phi) is 4.10. The van der Waals surface area contributed by atoms with Crippen LogP contribution in [0.3, 0.4) is 0 Å². The lowest BCUT2D eigenvalue weighted by Crippen LogP contribution is -2.21. The maximum atomic E-state index is 11.1. The minimum absolute atomic E-state index is 0.456. The van der Waals surface area contributed by atoms with Gasteiger partial charge in [0.05, 0.1) is 0 Å². The van der Waals surface area contributed by atoms with Crippen LogP contribution in [0.4, 0.5) is 0 Å². The summed E-state index contributed by atoms with van der Waals surface area (Å²) in [5.41, 5.74) is 7.40. The highest BCUT2D eigenvalue weighted by atomic mass is 35.5. The van der Waals surface area contributed by atoms with Gasteiger partial charge in [-0.15, -0.1) is 0 Å². The highest BCUT2D eigenvalue weighted by Gasteiger charge is 2.20. The smallest absolute Gasteiger partial charge is 0.325 e. The molecule has 2 aromatic carbocycles. The lowest BCUT2D eigenvalue weighted by atomic mass is 9.95. The summed E-state index contributed by atoms with van der Waals surface area (Å²) < 4.78 is 0. The zero-order valence-electron chi connectivity index (χ0n) is 9.81. The number of rotatable bonds is 3. The predicted octanol–water partition coefficient (Wildman–Crippen LogP) is 3.74. The third kappa shape index (κ3) is 2.73. The molecule has 0 aliphatic carbocycles. The first-order valence-electron chi connectivity index (χ1n) is 5.54. The fourth-order valence-electron chi connectivity index (χ4n) is 1.88. The first-order chi connectivity index (χ1) is 9.02. The maximum absolute atomic E-state index is 11.1. The Morgan fingerprint density at radius 2 is 1.63 bits per heavy atom. The lowest BCUT2D eigenvalue weighted by Gasteiger charge is -2.15. The third-order valence-corrected chi connectivity index (χ3v) is 3.42. The molecular formula is C14H11Cl2NO2. The second-order valence-corrected chi connectivity index (χ2v) is 4.81. The van der Waals surface area contributed by atoms with Crippen LogP contribution >= 0.6 is 23.2 Å². The molecule has 1 unspecified atom stereocenters. The number of nitrogens with two attached hydrogens (primary N) is 1. The third-order valence-electron chi connectivity index (χ3n) is 2.79. The molecule has 3 nitrogen and oxygen atoms in total. The Labute approximate surface area is 120 Å². The Bertz CT molecular complexity index is 608. The van der Waals surface area contributed by atoms with Gasteiger partial charge in [0.15, 0.2) is 0 Å². The molecule has 0 amide bonds. The van der Waals surface area contributed by atoms with Crippen LogP contribution in [-0.2, 0) is 4.79 Å². The summed E-state index contributed by atoms with van der Waals surface area (Å²) in [6.07, 6.45) is 0. The van der Waals surface area contributed by atoms with E-state index < -0.39 is 12.0 Å². The molecule has 98 valence electrons. The minimum atomic E-state index is -1.12. The van der Waals surface area contributed by atoms with Crippen LogP contribution < -0.4 is 5.73 Å². The van der Waals surface area contributed by atoms with Crippen molar-refractivity contribution in [3.8, 4) is 11.1 Å². The number of halogens is 2. The summed E-state index contributed by atoms with van der Waals surface area (Å²) in [7, 11) is 0. The minimum Gasteiger partial charge on any atom is -0.480 e. The molecule has 0 saturated heterocycles. The van der Waals surface area contributed by atoms with E-state index >= 15 is 0 Å². The van der Waals surface area contributed by atoms with Gasteiger partial charge in [-0.2, -0.15) is 0 Å². The SMILES string of the molecule is NC(C(=O)O)c1ccccc1-c1c(Cl)cccc1Cl. The molecule has 1 atom stereocenters. The van der Waals surface area contributed by atoms with E-state index in [1.165, 1.54) is 0 Å². The molecule has 0 bridgehead atoms.